The van der Waals surface area contributed by atoms with Crippen molar-refractivity contribution in [3.05, 3.63) is 52.0 Å². The summed E-state index contributed by atoms with van der Waals surface area (Å²) >= 11 is 1.67. The minimum atomic E-state index is -4.78. The van der Waals surface area contributed by atoms with Crippen LogP contribution in [-0.4, -0.2) is 39.2 Å². The maximum absolute atomic E-state index is 13.2. The monoisotopic (exact) mass is 438 g/mol. The Hall–Kier alpha value is -1.93. The summed E-state index contributed by atoms with van der Waals surface area (Å²) in [5.41, 5.74) is -2.85. The number of alkyl halides is 3. The second kappa shape index (κ2) is 7.96. The van der Waals surface area contributed by atoms with E-state index in [1.807, 2.05) is 16.5 Å². The molecule has 1 amide bonds. The number of aromatic nitrogens is 1. The topological polar surface area (TPSA) is 53.4 Å². The van der Waals surface area contributed by atoms with Crippen LogP contribution in [0.3, 0.4) is 0 Å². The Morgan fingerprint density at radius 3 is 2.10 bits per heavy atom. The quantitative estimate of drug-likeness (QED) is 0.694. The predicted octanol–water partition coefficient (Wildman–Crippen LogP) is 5.24. The largest absolute Gasteiger partial charge is 0.421 e. The molecule has 0 radical (unpaired) electrons. The predicted molar refractivity (Wildman–Crippen MR) is 108 cm³/mol. The minimum Gasteiger partial charge on any atom is -0.376 e. The van der Waals surface area contributed by atoms with E-state index in [1.165, 1.54) is 24.3 Å². The summed E-state index contributed by atoms with van der Waals surface area (Å²) in [5, 5.41) is 13.0. The summed E-state index contributed by atoms with van der Waals surface area (Å²) in [6.45, 7) is 0.723. The molecule has 1 heterocycles. The van der Waals surface area contributed by atoms with Gasteiger partial charge in [-0.25, -0.2) is 4.98 Å². The molecule has 0 saturated heterocycles. The zero-order chi connectivity index (χ0) is 21.5. The van der Waals surface area contributed by atoms with Crippen LogP contribution in [0.4, 0.5) is 13.2 Å². The molecule has 2 aliphatic carbocycles. The molecule has 2 saturated carbocycles. The van der Waals surface area contributed by atoms with Crippen LogP contribution >= 0.6 is 11.3 Å². The Labute approximate surface area is 177 Å². The SMILES string of the molecule is C[C@](O)(c1ccc(C(=O)N(C2CCC(c3nccs3)CC2)C2CC2)cc1)C(F)(F)F. The van der Waals surface area contributed by atoms with E-state index >= 15 is 0 Å². The van der Waals surface area contributed by atoms with Gasteiger partial charge in [-0.1, -0.05) is 12.1 Å². The van der Waals surface area contributed by atoms with Crippen LogP contribution in [0, 0.1) is 0 Å². The third-order valence-corrected chi connectivity index (χ3v) is 7.25. The van der Waals surface area contributed by atoms with E-state index in [9.17, 15) is 23.1 Å². The molecule has 1 aromatic heterocycles. The van der Waals surface area contributed by atoms with Crippen LogP contribution in [0.5, 0.6) is 0 Å². The lowest BCUT2D eigenvalue weighted by Crippen LogP contribution is -2.43. The van der Waals surface area contributed by atoms with E-state index in [2.05, 4.69) is 4.98 Å². The number of rotatable bonds is 5. The number of carbonyl (C=O) groups is 1. The lowest BCUT2D eigenvalue weighted by molar-refractivity contribution is -0.258. The van der Waals surface area contributed by atoms with Crippen molar-refractivity contribution in [2.24, 2.45) is 0 Å². The first-order valence-electron chi connectivity index (χ1n) is 10.3. The third-order valence-electron chi connectivity index (χ3n) is 6.31. The highest BCUT2D eigenvalue weighted by atomic mass is 32.1. The molecule has 0 aliphatic heterocycles. The Bertz CT molecular complexity index is 869. The van der Waals surface area contributed by atoms with Crippen molar-refractivity contribution in [2.75, 3.05) is 0 Å². The van der Waals surface area contributed by atoms with Crippen LogP contribution in [-0.2, 0) is 5.60 Å². The molecule has 2 aliphatic rings. The first kappa shape index (κ1) is 21.3. The van der Waals surface area contributed by atoms with Gasteiger partial charge in [0, 0.05) is 35.1 Å². The summed E-state index contributed by atoms with van der Waals surface area (Å²) in [5.74, 6) is 0.315. The number of amides is 1. The summed E-state index contributed by atoms with van der Waals surface area (Å²) in [6.07, 6.45) is 2.78. The Balaban J connectivity index is 1.47. The second-order valence-corrected chi connectivity index (χ2v) is 9.39. The lowest BCUT2D eigenvalue weighted by Gasteiger charge is -2.37. The van der Waals surface area contributed by atoms with Gasteiger partial charge in [0.1, 0.15) is 0 Å². The molecule has 0 bridgehead atoms. The molecule has 2 aromatic rings. The van der Waals surface area contributed by atoms with E-state index in [4.69, 9.17) is 0 Å². The molecule has 0 unspecified atom stereocenters. The van der Waals surface area contributed by atoms with Gasteiger partial charge in [-0.3, -0.25) is 4.79 Å². The molecule has 8 heteroatoms. The van der Waals surface area contributed by atoms with Crippen molar-refractivity contribution in [3.63, 3.8) is 0 Å². The smallest absolute Gasteiger partial charge is 0.376 e. The maximum Gasteiger partial charge on any atom is 0.421 e. The first-order chi connectivity index (χ1) is 14.2. The average Bonchev–Trinajstić information content (AvgIpc) is 3.39. The van der Waals surface area contributed by atoms with E-state index in [0.717, 1.165) is 50.5 Å². The number of benzene rings is 1. The van der Waals surface area contributed by atoms with E-state index < -0.39 is 11.8 Å². The zero-order valence-corrected chi connectivity index (χ0v) is 17.5. The Morgan fingerprint density at radius 1 is 1.07 bits per heavy atom. The average molecular weight is 439 g/mol. The van der Waals surface area contributed by atoms with Crippen molar-refractivity contribution in [2.45, 2.75) is 75.2 Å². The number of halogens is 3. The van der Waals surface area contributed by atoms with Gasteiger partial charge in [-0.2, -0.15) is 13.2 Å². The highest BCUT2D eigenvalue weighted by Gasteiger charge is 2.51. The van der Waals surface area contributed by atoms with Crippen LogP contribution in [0.25, 0.3) is 0 Å². The van der Waals surface area contributed by atoms with Gasteiger partial charge in [-0.05, 0) is 63.1 Å². The van der Waals surface area contributed by atoms with E-state index in [1.54, 1.807) is 11.3 Å². The van der Waals surface area contributed by atoms with Crippen molar-refractivity contribution in [1.82, 2.24) is 9.88 Å². The molecule has 1 atom stereocenters. The van der Waals surface area contributed by atoms with Gasteiger partial charge in [0.25, 0.3) is 5.91 Å². The highest BCUT2D eigenvalue weighted by Crippen LogP contribution is 2.41. The molecule has 4 rings (SSSR count). The van der Waals surface area contributed by atoms with Crippen molar-refractivity contribution in [3.8, 4) is 0 Å². The number of thiazole rings is 1. The Morgan fingerprint density at radius 2 is 1.63 bits per heavy atom. The van der Waals surface area contributed by atoms with E-state index in [-0.39, 0.29) is 23.6 Å². The van der Waals surface area contributed by atoms with Crippen LogP contribution in [0.1, 0.15) is 72.3 Å². The minimum absolute atomic E-state index is 0.131. The number of hydrogen-bond donors (Lipinski definition) is 1. The third kappa shape index (κ3) is 4.12. The Kier molecular flexibility index (Phi) is 5.66. The molecular formula is C22H25F3N2O2S. The van der Waals surface area contributed by atoms with Gasteiger partial charge in [0.2, 0.25) is 0 Å². The van der Waals surface area contributed by atoms with E-state index in [0.29, 0.717) is 11.5 Å². The lowest BCUT2D eigenvalue weighted by atomic mass is 9.85. The molecule has 0 spiro atoms. The fourth-order valence-electron chi connectivity index (χ4n) is 4.27. The number of nitrogens with zero attached hydrogens (tertiary/aromatic N) is 2. The summed E-state index contributed by atoms with van der Waals surface area (Å²) in [6, 6.07) is 5.57. The summed E-state index contributed by atoms with van der Waals surface area (Å²) in [7, 11) is 0. The molecule has 4 nitrogen and oxygen atoms in total. The molecule has 30 heavy (non-hydrogen) atoms. The molecule has 1 aromatic carbocycles. The van der Waals surface area contributed by atoms with Crippen molar-refractivity contribution >= 4 is 17.2 Å². The van der Waals surface area contributed by atoms with Crippen LogP contribution in [0.15, 0.2) is 35.8 Å². The first-order valence-corrected chi connectivity index (χ1v) is 11.2. The second-order valence-electron chi connectivity index (χ2n) is 8.47. The fourth-order valence-corrected chi connectivity index (χ4v) is 5.08. The van der Waals surface area contributed by atoms with Gasteiger partial charge >= 0.3 is 6.18 Å². The fraction of sp³-hybridized carbons (Fsp3) is 0.545. The van der Waals surface area contributed by atoms with Gasteiger partial charge in [-0.15, -0.1) is 11.3 Å². The van der Waals surface area contributed by atoms with Gasteiger partial charge in [0.05, 0.1) is 5.01 Å². The standard InChI is InChI=1S/C22H25F3N2O2S/c1-21(29,22(23,24)25)16-6-2-15(3-7-16)20(28)27(18-10-11-18)17-8-4-14(5-9-17)19-26-12-13-30-19/h2-3,6-7,12-14,17-18,29H,4-5,8-11H2,1H3/t14?,17?,21-/m0/s1. The molecule has 162 valence electrons. The molecule has 2 fully saturated rings. The van der Waals surface area contributed by atoms with Gasteiger partial charge in [0.15, 0.2) is 5.60 Å². The van der Waals surface area contributed by atoms with Crippen molar-refractivity contribution < 1.29 is 23.1 Å². The van der Waals surface area contributed by atoms with Crippen LogP contribution in [0.2, 0.25) is 0 Å². The highest BCUT2D eigenvalue weighted by molar-refractivity contribution is 7.09. The van der Waals surface area contributed by atoms with Crippen LogP contribution < -0.4 is 0 Å². The summed E-state index contributed by atoms with van der Waals surface area (Å²) in [4.78, 5) is 19.6. The number of aliphatic hydroxyl groups is 1. The number of carbonyl (C=O) groups excluding carboxylic acids is 1. The molecule has 1 N–H and O–H groups in total. The number of hydrogen-bond acceptors (Lipinski definition) is 4. The van der Waals surface area contributed by atoms with Crippen molar-refractivity contribution in [1.29, 1.82) is 0 Å². The zero-order valence-electron chi connectivity index (χ0n) is 16.7. The summed E-state index contributed by atoms with van der Waals surface area (Å²) < 4.78 is 39.2. The normalized spacial score (nSPS) is 24.3. The molecular weight excluding hydrogens is 413 g/mol. The van der Waals surface area contributed by atoms with Gasteiger partial charge < -0.3 is 10.0 Å². The maximum atomic E-state index is 13.2.